The molecule has 2 unspecified atom stereocenters. The Hall–Kier alpha value is -3.68. The molecule has 1 aromatic heterocycles. The smallest absolute Gasteiger partial charge is 0.316 e. The molecule has 0 radical (unpaired) electrons. The molecule has 2 aliphatic heterocycles. The van der Waals surface area contributed by atoms with E-state index in [2.05, 4.69) is 10.3 Å². The van der Waals surface area contributed by atoms with Crippen molar-refractivity contribution in [1.29, 1.82) is 0 Å². The van der Waals surface area contributed by atoms with Crippen LogP contribution in [-0.2, 0) is 28.7 Å². The summed E-state index contributed by atoms with van der Waals surface area (Å²) >= 11 is 3.93. The van der Waals surface area contributed by atoms with E-state index in [-0.39, 0.29) is 23.8 Å². The van der Waals surface area contributed by atoms with Crippen LogP contribution in [0.1, 0.15) is 17.2 Å². The molecule has 2 fully saturated rings. The molecule has 0 saturated carbocycles. The summed E-state index contributed by atoms with van der Waals surface area (Å²) in [4.78, 5) is 69.2. The van der Waals surface area contributed by atoms with Gasteiger partial charge in [0.15, 0.2) is 11.2 Å². The number of aromatic nitrogens is 1. The molecule has 3 amide bonds. The number of benzene rings is 2. The highest BCUT2D eigenvalue weighted by atomic mass is 32.2. The Morgan fingerprint density at radius 1 is 1.17 bits per heavy atom. The third-order valence-electron chi connectivity index (χ3n) is 6.94. The maximum atomic E-state index is 14.0. The monoisotopic (exact) mass is 610 g/mol. The van der Waals surface area contributed by atoms with Crippen LogP contribution in [-0.4, -0.2) is 76.1 Å². The lowest BCUT2D eigenvalue weighted by molar-refractivity contribution is -0.163. The van der Waals surface area contributed by atoms with Gasteiger partial charge in [-0.25, -0.2) is 4.98 Å². The quantitative estimate of drug-likeness (QED) is 0.151. The SMILES string of the molecule is CSCC1(C(=O)OC(c2ccccc2)c2ccccc2)CS[C@@H]2C(N(C(=O)C=O)c3csc(NC=O)n3)C(=O)N2C1. The molecule has 13 heteroatoms. The summed E-state index contributed by atoms with van der Waals surface area (Å²) in [5, 5.41) is 3.66. The Morgan fingerprint density at radius 3 is 2.41 bits per heavy atom. The van der Waals surface area contributed by atoms with E-state index in [1.807, 2.05) is 66.9 Å². The van der Waals surface area contributed by atoms with Gasteiger partial charge in [0.2, 0.25) is 18.6 Å². The minimum atomic E-state index is -0.982. The third-order valence-corrected chi connectivity index (χ3v) is 10.1. The predicted molar refractivity (Wildman–Crippen MR) is 159 cm³/mol. The van der Waals surface area contributed by atoms with Crippen molar-refractivity contribution in [3.8, 4) is 0 Å². The number of nitrogens with zero attached hydrogens (tertiary/aromatic N) is 3. The zero-order chi connectivity index (χ0) is 29.0. The lowest BCUT2D eigenvalue weighted by Crippen LogP contribution is -2.75. The molecule has 2 saturated heterocycles. The van der Waals surface area contributed by atoms with Crippen LogP contribution in [0.2, 0.25) is 0 Å². The average molecular weight is 611 g/mol. The molecular formula is C28H26N4O6S3. The number of fused-ring (bicyclic) bond motifs is 1. The molecule has 0 bridgehead atoms. The first-order chi connectivity index (χ1) is 19.9. The number of anilines is 2. The molecule has 2 aromatic carbocycles. The van der Waals surface area contributed by atoms with E-state index in [1.165, 1.54) is 28.9 Å². The molecule has 5 rings (SSSR count). The number of β-lactam (4-membered cyclic amide) rings is 1. The van der Waals surface area contributed by atoms with Crippen LogP contribution in [0.25, 0.3) is 0 Å². The number of rotatable bonds is 11. The number of hydrogen-bond donors (Lipinski definition) is 1. The molecule has 3 heterocycles. The van der Waals surface area contributed by atoms with Crippen molar-refractivity contribution in [2.24, 2.45) is 5.41 Å². The van der Waals surface area contributed by atoms with Crippen molar-refractivity contribution in [3.63, 3.8) is 0 Å². The molecule has 3 aromatic rings. The minimum absolute atomic E-state index is 0.101. The number of hydrogen-bond acceptors (Lipinski definition) is 10. The maximum absolute atomic E-state index is 14.0. The summed E-state index contributed by atoms with van der Waals surface area (Å²) in [6.07, 6.45) is 1.87. The number of amides is 3. The van der Waals surface area contributed by atoms with E-state index < -0.39 is 40.7 Å². The normalized spacial score (nSPS) is 21.4. The highest BCUT2D eigenvalue weighted by Crippen LogP contribution is 2.47. The van der Waals surface area contributed by atoms with Crippen LogP contribution in [0.5, 0.6) is 0 Å². The van der Waals surface area contributed by atoms with E-state index in [1.54, 1.807) is 4.90 Å². The Morgan fingerprint density at radius 2 is 1.83 bits per heavy atom. The summed E-state index contributed by atoms with van der Waals surface area (Å²) in [6, 6.07) is 18.0. The fraction of sp³-hybridized carbons (Fsp3) is 0.286. The van der Waals surface area contributed by atoms with Gasteiger partial charge >= 0.3 is 5.97 Å². The van der Waals surface area contributed by atoms with Gasteiger partial charge in [-0.15, -0.1) is 23.1 Å². The summed E-state index contributed by atoms with van der Waals surface area (Å²) < 4.78 is 6.23. The third kappa shape index (κ3) is 5.61. The number of ether oxygens (including phenoxy) is 1. The molecule has 0 spiro atoms. The van der Waals surface area contributed by atoms with Crippen LogP contribution in [0.15, 0.2) is 66.0 Å². The van der Waals surface area contributed by atoms with Crippen molar-refractivity contribution in [2.75, 3.05) is 34.5 Å². The fourth-order valence-electron chi connectivity index (χ4n) is 5.01. The highest BCUT2D eigenvalue weighted by Gasteiger charge is 2.60. The van der Waals surface area contributed by atoms with Crippen LogP contribution in [0.4, 0.5) is 10.9 Å². The number of carbonyl (C=O) groups is 5. The summed E-state index contributed by atoms with van der Waals surface area (Å²) in [5.41, 5.74) is 0.689. The molecule has 3 atom stereocenters. The average Bonchev–Trinajstić information content (AvgIpc) is 3.47. The van der Waals surface area contributed by atoms with Crippen LogP contribution in [0, 0.1) is 5.41 Å². The second-order valence-electron chi connectivity index (χ2n) is 9.53. The number of nitrogens with one attached hydrogen (secondary N) is 1. The van der Waals surface area contributed by atoms with Crippen LogP contribution in [0.3, 0.4) is 0 Å². The lowest BCUT2D eigenvalue weighted by atomic mass is 9.88. The van der Waals surface area contributed by atoms with Gasteiger partial charge in [-0.1, -0.05) is 60.7 Å². The predicted octanol–water partition coefficient (Wildman–Crippen LogP) is 3.21. The number of thiazole rings is 1. The van der Waals surface area contributed by atoms with E-state index in [9.17, 15) is 24.0 Å². The Kier molecular flexibility index (Phi) is 8.76. The van der Waals surface area contributed by atoms with Crippen molar-refractivity contribution in [3.05, 3.63) is 77.2 Å². The van der Waals surface area contributed by atoms with Gasteiger partial charge in [0.05, 0.1) is 0 Å². The maximum Gasteiger partial charge on any atom is 0.316 e. The standard InChI is InChI=1S/C28H26N4O6S3/c1-39-15-28(26(37)38-23(18-8-4-2-5-9-18)19-10-6-3-7-11-19)14-31-24(36)22(25(31)41-16-28)32(21(35)12-33)20-13-40-27(30-20)29-17-34/h2-13,17,22-23,25H,14-16H2,1H3,(H,29,30,34)/t22?,25-,28?/m1/s1. The van der Waals surface area contributed by atoms with Crippen molar-refractivity contribution in [1.82, 2.24) is 9.88 Å². The van der Waals surface area contributed by atoms with Crippen molar-refractivity contribution >= 4 is 76.3 Å². The highest BCUT2D eigenvalue weighted by molar-refractivity contribution is 8.00. The van der Waals surface area contributed by atoms with E-state index >= 15 is 0 Å². The van der Waals surface area contributed by atoms with Crippen LogP contribution < -0.4 is 10.2 Å². The van der Waals surface area contributed by atoms with Crippen molar-refractivity contribution < 1.29 is 28.7 Å². The van der Waals surface area contributed by atoms with Gasteiger partial charge in [0.1, 0.15) is 22.6 Å². The zero-order valence-corrected chi connectivity index (χ0v) is 24.3. The first-order valence-electron chi connectivity index (χ1n) is 12.6. The first-order valence-corrected chi connectivity index (χ1v) is 15.9. The molecule has 0 aliphatic carbocycles. The van der Waals surface area contributed by atoms with Gasteiger partial charge in [0.25, 0.3) is 5.91 Å². The number of carbonyl (C=O) groups excluding carboxylic acids is 5. The zero-order valence-electron chi connectivity index (χ0n) is 21.9. The number of thioether (sulfide) groups is 2. The number of esters is 1. The van der Waals surface area contributed by atoms with Gasteiger partial charge in [-0.05, 0) is 17.4 Å². The van der Waals surface area contributed by atoms with E-state index in [0.717, 1.165) is 27.4 Å². The first kappa shape index (κ1) is 28.8. The number of aldehydes is 1. The van der Waals surface area contributed by atoms with E-state index in [0.29, 0.717) is 17.9 Å². The van der Waals surface area contributed by atoms with Crippen LogP contribution >= 0.6 is 34.9 Å². The topological polar surface area (TPSA) is 126 Å². The molecule has 10 nitrogen and oxygen atoms in total. The second-order valence-corrected chi connectivity index (χ2v) is 12.4. The van der Waals surface area contributed by atoms with Gasteiger partial charge in [-0.3, -0.25) is 28.9 Å². The molecular weight excluding hydrogens is 585 g/mol. The van der Waals surface area contributed by atoms with E-state index in [4.69, 9.17) is 4.74 Å². The largest absolute Gasteiger partial charge is 0.452 e. The van der Waals surface area contributed by atoms with Gasteiger partial charge in [-0.2, -0.15) is 11.8 Å². The Bertz CT molecular complexity index is 1400. The molecule has 1 N–H and O–H groups in total. The minimum Gasteiger partial charge on any atom is -0.452 e. The van der Waals surface area contributed by atoms with Gasteiger partial charge < -0.3 is 15.0 Å². The molecule has 212 valence electrons. The lowest BCUT2D eigenvalue weighted by Gasteiger charge is -2.56. The van der Waals surface area contributed by atoms with Gasteiger partial charge in [0, 0.05) is 23.4 Å². The second kappa shape index (κ2) is 12.5. The van der Waals surface area contributed by atoms with Crippen molar-refractivity contribution in [2.45, 2.75) is 17.5 Å². The molecule has 41 heavy (non-hydrogen) atoms. The summed E-state index contributed by atoms with van der Waals surface area (Å²) in [6.45, 7) is 0.119. The molecule has 2 aliphatic rings. The Balaban J connectivity index is 1.38. The summed E-state index contributed by atoms with van der Waals surface area (Å²) in [7, 11) is 0. The summed E-state index contributed by atoms with van der Waals surface area (Å²) in [5.74, 6) is -0.830. The Labute approximate surface area is 248 Å². The fourth-order valence-corrected chi connectivity index (χ4v) is 8.23.